The van der Waals surface area contributed by atoms with Crippen LogP contribution in [0.5, 0.6) is 0 Å². The molecule has 0 spiro atoms. The zero-order valence-corrected chi connectivity index (χ0v) is 16.7. The van der Waals surface area contributed by atoms with Crippen LogP contribution in [0.15, 0.2) is 36.7 Å². The maximum absolute atomic E-state index is 12.7. The molecular weight excluding hydrogens is 380 g/mol. The number of aryl methyl sites for hydroxylation is 1. The first-order valence-corrected chi connectivity index (χ1v) is 10.4. The Labute approximate surface area is 167 Å². The Balaban J connectivity index is 1.52. The average Bonchev–Trinajstić information content (AvgIpc) is 3.13. The maximum Gasteiger partial charge on any atom is 0.229 e. The van der Waals surface area contributed by atoms with Crippen LogP contribution in [0.3, 0.4) is 0 Å². The highest BCUT2D eigenvalue weighted by Gasteiger charge is 2.28. The van der Waals surface area contributed by atoms with E-state index in [0.717, 1.165) is 47.5 Å². The van der Waals surface area contributed by atoms with Crippen LogP contribution in [0.2, 0.25) is 5.02 Å². The van der Waals surface area contributed by atoms with Crippen molar-refractivity contribution in [3.8, 4) is 0 Å². The second-order valence-corrected chi connectivity index (χ2v) is 8.32. The summed E-state index contributed by atoms with van der Waals surface area (Å²) in [5.41, 5.74) is 0.774. The van der Waals surface area contributed by atoms with E-state index >= 15 is 0 Å². The van der Waals surface area contributed by atoms with Gasteiger partial charge in [-0.3, -0.25) is 4.79 Å². The number of nitrogens with one attached hydrogen (secondary N) is 1. The van der Waals surface area contributed by atoms with E-state index in [9.17, 15) is 4.79 Å². The molecule has 140 valence electrons. The predicted octanol–water partition coefficient (Wildman–Crippen LogP) is 4.76. The molecule has 1 unspecified atom stereocenters. The lowest BCUT2D eigenvalue weighted by Gasteiger charge is -2.33. The average molecular weight is 401 g/mol. The van der Waals surface area contributed by atoms with Crippen molar-refractivity contribution in [2.75, 3.05) is 23.3 Å². The number of carbonyl (C=O) groups is 1. The second kappa shape index (κ2) is 7.82. The van der Waals surface area contributed by atoms with Gasteiger partial charge in [-0.25, -0.2) is 9.97 Å². The van der Waals surface area contributed by atoms with Crippen LogP contribution >= 0.6 is 22.9 Å². The lowest BCUT2D eigenvalue weighted by molar-refractivity contribution is -0.120. The molecule has 0 bridgehead atoms. The number of piperidine rings is 1. The maximum atomic E-state index is 12.7. The van der Waals surface area contributed by atoms with Gasteiger partial charge in [-0.1, -0.05) is 18.5 Å². The van der Waals surface area contributed by atoms with Gasteiger partial charge in [0.15, 0.2) is 0 Å². The van der Waals surface area contributed by atoms with Crippen molar-refractivity contribution in [1.29, 1.82) is 0 Å². The summed E-state index contributed by atoms with van der Waals surface area (Å²) in [5.74, 6) is 0.926. The van der Waals surface area contributed by atoms with Crippen LogP contribution in [0.1, 0.15) is 24.6 Å². The minimum Gasteiger partial charge on any atom is -0.355 e. The van der Waals surface area contributed by atoms with Crippen molar-refractivity contribution < 1.29 is 4.79 Å². The molecule has 1 fully saturated rings. The number of amides is 1. The fraction of sp³-hybridized carbons (Fsp3) is 0.350. The zero-order valence-electron chi connectivity index (χ0n) is 15.1. The molecule has 1 aliphatic rings. The smallest absolute Gasteiger partial charge is 0.229 e. The highest BCUT2D eigenvalue weighted by molar-refractivity contribution is 7.18. The highest BCUT2D eigenvalue weighted by Crippen LogP contribution is 2.32. The summed E-state index contributed by atoms with van der Waals surface area (Å²) >= 11 is 7.63. The Bertz CT molecular complexity index is 956. The van der Waals surface area contributed by atoms with E-state index in [-0.39, 0.29) is 11.8 Å². The van der Waals surface area contributed by atoms with Crippen LogP contribution in [-0.4, -0.2) is 29.0 Å². The molecule has 1 N–H and O–H groups in total. The van der Waals surface area contributed by atoms with Gasteiger partial charge in [0.05, 0.1) is 11.3 Å². The molecule has 0 radical (unpaired) electrons. The Morgan fingerprint density at radius 3 is 2.93 bits per heavy atom. The number of nitrogens with zero attached hydrogens (tertiary/aromatic N) is 3. The van der Waals surface area contributed by atoms with Crippen molar-refractivity contribution in [2.24, 2.45) is 5.92 Å². The number of fused-ring (bicyclic) bond motifs is 1. The molecule has 1 aliphatic heterocycles. The summed E-state index contributed by atoms with van der Waals surface area (Å²) in [7, 11) is 0. The summed E-state index contributed by atoms with van der Waals surface area (Å²) in [5, 5.41) is 4.76. The lowest BCUT2D eigenvalue weighted by atomic mass is 9.97. The van der Waals surface area contributed by atoms with Crippen molar-refractivity contribution in [2.45, 2.75) is 26.2 Å². The standard InChI is InChI=1S/C20H21ClN4OS/c1-2-16-10-17-18(22-12-23-20(17)27-16)25-9-3-4-13(11-25)19(26)24-15-7-5-14(21)6-8-15/h5-8,10,12-13H,2-4,9,11H2,1H3,(H,24,26). The van der Waals surface area contributed by atoms with Crippen LogP contribution in [-0.2, 0) is 11.2 Å². The minimum atomic E-state index is -0.0660. The highest BCUT2D eigenvalue weighted by atomic mass is 35.5. The monoisotopic (exact) mass is 400 g/mol. The van der Waals surface area contributed by atoms with Gasteiger partial charge in [0.1, 0.15) is 17.0 Å². The molecule has 5 nitrogen and oxygen atoms in total. The quantitative estimate of drug-likeness (QED) is 0.685. The van der Waals surface area contributed by atoms with E-state index in [4.69, 9.17) is 11.6 Å². The molecule has 3 heterocycles. The summed E-state index contributed by atoms with van der Waals surface area (Å²) in [4.78, 5) is 26.2. The van der Waals surface area contributed by atoms with Crippen LogP contribution in [0, 0.1) is 5.92 Å². The van der Waals surface area contributed by atoms with Crippen molar-refractivity contribution in [3.63, 3.8) is 0 Å². The molecule has 1 atom stereocenters. The Hall–Kier alpha value is -2.18. The molecule has 4 rings (SSSR count). The number of aromatic nitrogens is 2. The summed E-state index contributed by atoms with van der Waals surface area (Å²) in [6.07, 6.45) is 4.47. The number of benzene rings is 1. The molecule has 3 aromatic rings. The van der Waals surface area contributed by atoms with E-state index in [1.165, 1.54) is 4.88 Å². The van der Waals surface area contributed by atoms with Crippen LogP contribution in [0.4, 0.5) is 11.5 Å². The third kappa shape index (κ3) is 3.92. The summed E-state index contributed by atoms with van der Waals surface area (Å²) in [6.45, 7) is 3.73. The third-order valence-corrected chi connectivity index (χ3v) is 6.35. The number of anilines is 2. The SMILES string of the molecule is CCc1cc2c(N3CCCC(C(=O)Nc4ccc(Cl)cc4)C3)ncnc2s1. The molecule has 0 saturated carbocycles. The van der Waals surface area contributed by atoms with Gasteiger partial charge in [-0.05, 0) is 49.6 Å². The van der Waals surface area contributed by atoms with E-state index < -0.39 is 0 Å². The summed E-state index contributed by atoms with van der Waals surface area (Å²) in [6, 6.07) is 9.40. The minimum absolute atomic E-state index is 0.0480. The number of hydrogen-bond donors (Lipinski definition) is 1. The zero-order chi connectivity index (χ0) is 18.8. The molecule has 0 aliphatic carbocycles. The molecule has 1 aromatic carbocycles. The van der Waals surface area contributed by atoms with E-state index in [1.54, 1.807) is 29.8 Å². The van der Waals surface area contributed by atoms with Gasteiger partial charge in [-0.15, -0.1) is 11.3 Å². The summed E-state index contributed by atoms with van der Waals surface area (Å²) < 4.78 is 0. The molecule has 1 amide bonds. The first kappa shape index (κ1) is 18.2. The number of thiophene rings is 1. The number of halogens is 1. The second-order valence-electron chi connectivity index (χ2n) is 6.76. The fourth-order valence-corrected chi connectivity index (χ4v) is 4.54. The molecule has 2 aromatic heterocycles. The first-order valence-electron chi connectivity index (χ1n) is 9.19. The predicted molar refractivity (Wildman–Crippen MR) is 112 cm³/mol. The Morgan fingerprint density at radius 1 is 1.33 bits per heavy atom. The number of rotatable bonds is 4. The lowest BCUT2D eigenvalue weighted by Crippen LogP contribution is -2.41. The Kier molecular flexibility index (Phi) is 5.27. The Morgan fingerprint density at radius 2 is 2.15 bits per heavy atom. The fourth-order valence-electron chi connectivity index (χ4n) is 3.48. The normalized spacial score (nSPS) is 17.3. The van der Waals surface area contributed by atoms with E-state index in [1.807, 2.05) is 12.1 Å². The van der Waals surface area contributed by atoms with Gasteiger partial charge < -0.3 is 10.2 Å². The molecular formula is C20H21ClN4OS. The van der Waals surface area contributed by atoms with Gasteiger partial charge in [0, 0.05) is 28.7 Å². The van der Waals surface area contributed by atoms with E-state index in [2.05, 4.69) is 33.2 Å². The van der Waals surface area contributed by atoms with Crippen LogP contribution < -0.4 is 10.2 Å². The van der Waals surface area contributed by atoms with Gasteiger partial charge in [0.25, 0.3) is 0 Å². The first-order chi connectivity index (χ1) is 13.1. The van der Waals surface area contributed by atoms with Crippen molar-refractivity contribution >= 4 is 50.6 Å². The van der Waals surface area contributed by atoms with Crippen molar-refractivity contribution in [3.05, 3.63) is 46.6 Å². The van der Waals surface area contributed by atoms with Crippen LogP contribution in [0.25, 0.3) is 10.2 Å². The molecule has 1 saturated heterocycles. The molecule has 7 heteroatoms. The molecule has 27 heavy (non-hydrogen) atoms. The van der Waals surface area contributed by atoms with Gasteiger partial charge in [-0.2, -0.15) is 0 Å². The third-order valence-electron chi connectivity index (χ3n) is 4.91. The topological polar surface area (TPSA) is 58.1 Å². The largest absolute Gasteiger partial charge is 0.355 e. The van der Waals surface area contributed by atoms with Crippen molar-refractivity contribution in [1.82, 2.24) is 9.97 Å². The van der Waals surface area contributed by atoms with Gasteiger partial charge in [0.2, 0.25) is 5.91 Å². The number of hydrogen-bond acceptors (Lipinski definition) is 5. The van der Waals surface area contributed by atoms with E-state index in [0.29, 0.717) is 11.6 Å². The number of carbonyl (C=O) groups excluding carboxylic acids is 1. The van der Waals surface area contributed by atoms with Gasteiger partial charge >= 0.3 is 0 Å².